The highest BCUT2D eigenvalue weighted by atomic mass is 32.2. The summed E-state index contributed by atoms with van der Waals surface area (Å²) in [5.41, 5.74) is 8.49. The van der Waals surface area contributed by atoms with E-state index in [1.54, 1.807) is 6.92 Å². The molecule has 1 aliphatic rings. The van der Waals surface area contributed by atoms with E-state index in [4.69, 9.17) is 5.73 Å². The van der Waals surface area contributed by atoms with E-state index in [1.165, 1.54) is 22.6 Å². The number of hydrogen-bond acceptors (Lipinski definition) is 3. The number of hydrogen-bond donors (Lipinski definition) is 1. The second-order valence-electron chi connectivity index (χ2n) is 4.33. The minimum absolute atomic E-state index is 0.144. The molecule has 0 radical (unpaired) electrons. The second kappa shape index (κ2) is 5.02. The Bertz CT molecular complexity index is 403. The Morgan fingerprint density at radius 3 is 3.12 bits per heavy atom. The van der Waals surface area contributed by atoms with Crippen molar-refractivity contribution in [3.8, 4) is 0 Å². The summed E-state index contributed by atoms with van der Waals surface area (Å²) in [5, 5.41) is 0. The van der Waals surface area contributed by atoms with Gasteiger partial charge in [0.25, 0.3) is 0 Å². The fraction of sp³-hybridized carbons (Fsp3) is 0.462. The lowest BCUT2D eigenvalue weighted by atomic mass is 9.99. The van der Waals surface area contributed by atoms with Gasteiger partial charge in [0, 0.05) is 17.4 Å². The molecule has 0 bridgehead atoms. The van der Waals surface area contributed by atoms with Gasteiger partial charge in [-0.3, -0.25) is 4.79 Å². The molecular weight excluding hydrogens is 218 g/mol. The number of ketones is 1. The number of carbonyl (C=O) groups excluding carboxylic acids is 1. The maximum Gasteiger partial charge on any atom is 0.131 e. The van der Waals surface area contributed by atoms with Crippen molar-refractivity contribution in [2.45, 2.75) is 37.1 Å². The van der Waals surface area contributed by atoms with Crippen LogP contribution >= 0.6 is 11.8 Å². The molecule has 0 saturated heterocycles. The first-order valence-electron chi connectivity index (χ1n) is 5.67. The summed E-state index contributed by atoms with van der Waals surface area (Å²) in [6, 6.07) is 6.24. The monoisotopic (exact) mass is 235 g/mol. The van der Waals surface area contributed by atoms with Crippen LogP contribution < -0.4 is 5.73 Å². The standard InChI is InChI=1S/C13H17NOS/c1-9(15)7-12(14)10-4-5-13-11(8-10)3-2-6-16-13/h4-5,8,12H,2-3,6-7,14H2,1H3. The van der Waals surface area contributed by atoms with E-state index in [0.717, 1.165) is 12.0 Å². The molecule has 2 rings (SSSR count). The van der Waals surface area contributed by atoms with E-state index in [9.17, 15) is 4.79 Å². The number of Topliss-reactive ketones (excluding diaryl/α,β-unsaturated/α-hetero) is 1. The first-order chi connectivity index (χ1) is 7.66. The molecule has 86 valence electrons. The number of benzene rings is 1. The van der Waals surface area contributed by atoms with E-state index in [-0.39, 0.29) is 11.8 Å². The van der Waals surface area contributed by atoms with E-state index < -0.39 is 0 Å². The maximum atomic E-state index is 11.0. The van der Waals surface area contributed by atoms with Gasteiger partial charge >= 0.3 is 0 Å². The van der Waals surface area contributed by atoms with Crippen LogP contribution in [0.5, 0.6) is 0 Å². The van der Waals surface area contributed by atoms with E-state index in [0.29, 0.717) is 6.42 Å². The Balaban J connectivity index is 2.19. The van der Waals surface area contributed by atoms with E-state index >= 15 is 0 Å². The summed E-state index contributed by atoms with van der Waals surface area (Å²) < 4.78 is 0. The molecule has 2 N–H and O–H groups in total. The summed E-state index contributed by atoms with van der Waals surface area (Å²) in [4.78, 5) is 12.4. The molecule has 1 atom stereocenters. The molecule has 3 heteroatoms. The number of nitrogens with two attached hydrogens (primary N) is 1. The van der Waals surface area contributed by atoms with Crippen molar-refractivity contribution in [3.05, 3.63) is 29.3 Å². The number of fused-ring (bicyclic) bond motifs is 1. The molecule has 1 aromatic carbocycles. The lowest BCUT2D eigenvalue weighted by Gasteiger charge is -2.18. The number of aryl methyl sites for hydroxylation is 1. The van der Waals surface area contributed by atoms with Gasteiger partial charge in [0.05, 0.1) is 0 Å². The Morgan fingerprint density at radius 1 is 1.56 bits per heavy atom. The molecule has 1 aliphatic heterocycles. The predicted octanol–water partition coefficient (Wildman–Crippen LogP) is 2.70. The predicted molar refractivity (Wildman–Crippen MR) is 67.7 cm³/mol. The van der Waals surface area contributed by atoms with Crippen LogP contribution in [-0.2, 0) is 11.2 Å². The molecule has 1 aromatic rings. The number of rotatable bonds is 3. The Hall–Kier alpha value is -0.800. The van der Waals surface area contributed by atoms with Gasteiger partial charge < -0.3 is 5.73 Å². The van der Waals surface area contributed by atoms with Crippen molar-refractivity contribution in [2.24, 2.45) is 5.73 Å². The SMILES string of the molecule is CC(=O)CC(N)c1ccc2c(c1)CCCS2. The summed E-state index contributed by atoms with van der Waals surface area (Å²) in [7, 11) is 0. The van der Waals surface area contributed by atoms with Gasteiger partial charge in [0.1, 0.15) is 5.78 Å². The van der Waals surface area contributed by atoms with Crippen LogP contribution in [0.2, 0.25) is 0 Å². The normalized spacial score (nSPS) is 16.6. The third-order valence-corrected chi connectivity index (χ3v) is 4.07. The van der Waals surface area contributed by atoms with E-state index in [2.05, 4.69) is 18.2 Å². The van der Waals surface area contributed by atoms with Crippen molar-refractivity contribution in [3.63, 3.8) is 0 Å². The molecule has 0 saturated carbocycles. The van der Waals surface area contributed by atoms with Crippen molar-refractivity contribution < 1.29 is 4.79 Å². The molecule has 2 nitrogen and oxygen atoms in total. The molecule has 0 fully saturated rings. The molecule has 1 unspecified atom stereocenters. The maximum absolute atomic E-state index is 11.0. The van der Waals surface area contributed by atoms with Crippen molar-refractivity contribution in [2.75, 3.05) is 5.75 Å². The van der Waals surface area contributed by atoms with Crippen molar-refractivity contribution in [1.82, 2.24) is 0 Å². The average molecular weight is 235 g/mol. The second-order valence-corrected chi connectivity index (χ2v) is 5.47. The minimum atomic E-state index is -0.144. The van der Waals surface area contributed by atoms with Gasteiger partial charge in [-0.15, -0.1) is 11.8 Å². The summed E-state index contributed by atoms with van der Waals surface area (Å²) in [6.45, 7) is 1.59. The largest absolute Gasteiger partial charge is 0.324 e. The highest BCUT2D eigenvalue weighted by molar-refractivity contribution is 7.99. The lowest BCUT2D eigenvalue weighted by Crippen LogP contribution is -2.14. The van der Waals surface area contributed by atoms with Gasteiger partial charge in [-0.05, 0) is 42.7 Å². The Labute approximate surface area is 101 Å². The quantitative estimate of drug-likeness (QED) is 0.876. The van der Waals surface area contributed by atoms with Crippen molar-refractivity contribution in [1.29, 1.82) is 0 Å². The lowest BCUT2D eigenvalue weighted by molar-refractivity contribution is -0.117. The summed E-state index contributed by atoms with van der Waals surface area (Å²) in [6.07, 6.45) is 2.82. The van der Waals surface area contributed by atoms with Crippen LogP contribution in [0.3, 0.4) is 0 Å². The van der Waals surface area contributed by atoms with Crippen molar-refractivity contribution >= 4 is 17.5 Å². The average Bonchev–Trinajstić information content (AvgIpc) is 2.27. The first-order valence-corrected chi connectivity index (χ1v) is 6.66. The number of thioether (sulfide) groups is 1. The zero-order valence-electron chi connectivity index (χ0n) is 9.53. The topological polar surface area (TPSA) is 43.1 Å². The number of carbonyl (C=O) groups is 1. The molecule has 0 amide bonds. The smallest absolute Gasteiger partial charge is 0.131 e. The van der Waals surface area contributed by atoms with E-state index in [1.807, 2.05) is 11.8 Å². The third-order valence-electron chi connectivity index (χ3n) is 2.87. The highest BCUT2D eigenvalue weighted by Crippen LogP contribution is 2.31. The molecule has 0 aliphatic carbocycles. The summed E-state index contributed by atoms with van der Waals surface area (Å²) in [5.74, 6) is 1.37. The van der Waals surface area contributed by atoms with Crippen LogP contribution in [-0.4, -0.2) is 11.5 Å². The van der Waals surface area contributed by atoms with Gasteiger partial charge in [-0.25, -0.2) is 0 Å². The zero-order valence-corrected chi connectivity index (χ0v) is 10.3. The van der Waals surface area contributed by atoms with Gasteiger partial charge in [0.15, 0.2) is 0 Å². The fourth-order valence-corrected chi connectivity index (χ4v) is 3.06. The molecule has 0 aromatic heterocycles. The van der Waals surface area contributed by atoms with Crippen LogP contribution in [0, 0.1) is 0 Å². The van der Waals surface area contributed by atoms with Crippen LogP contribution in [0.1, 0.15) is 36.9 Å². The first kappa shape index (κ1) is 11.7. The third kappa shape index (κ3) is 2.66. The van der Waals surface area contributed by atoms with Gasteiger partial charge in [-0.2, -0.15) is 0 Å². The minimum Gasteiger partial charge on any atom is -0.324 e. The van der Waals surface area contributed by atoms with Crippen LogP contribution in [0.4, 0.5) is 0 Å². The molecule has 1 heterocycles. The summed E-state index contributed by atoms with van der Waals surface area (Å²) >= 11 is 1.92. The van der Waals surface area contributed by atoms with Gasteiger partial charge in [-0.1, -0.05) is 12.1 Å². The van der Waals surface area contributed by atoms with Crippen LogP contribution in [0.25, 0.3) is 0 Å². The highest BCUT2D eigenvalue weighted by Gasteiger charge is 2.13. The fourth-order valence-electron chi connectivity index (χ4n) is 2.04. The molecular formula is C13H17NOS. The van der Waals surface area contributed by atoms with Gasteiger partial charge in [0.2, 0.25) is 0 Å². The molecule has 0 spiro atoms. The Morgan fingerprint density at radius 2 is 2.38 bits per heavy atom. The zero-order chi connectivity index (χ0) is 11.5. The van der Waals surface area contributed by atoms with Crippen LogP contribution in [0.15, 0.2) is 23.1 Å². The Kier molecular flexibility index (Phi) is 3.66. The molecule has 16 heavy (non-hydrogen) atoms.